The molecule has 2 rings (SSSR count). The average molecular weight is 447 g/mol. The molecule has 1 atom stereocenters. The number of thioether (sulfide) groups is 1. The molecule has 0 spiro atoms. The van der Waals surface area contributed by atoms with E-state index in [0.29, 0.717) is 23.7 Å². The molecule has 0 saturated heterocycles. The van der Waals surface area contributed by atoms with E-state index in [4.69, 9.17) is 11.6 Å². The first-order chi connectivity index (χ1) is 14.1. The van der Waals surface area contributed by atoms with Crippen LogP contribution >= 0.6 is 23.4 Å². The molecule has 4 nitrogen and oxygen atoms in total. The number of hydrogen-bond acceptors (Lipinski definition) is 3. The minimum atomic E-state index is -0.600. The normalized spacial score (nSPS) is 12.3. The van der Waals surface area contributed by atoms with Crippen molar-refractivity contribution in [3.8, 4) is 0 Å². The van der Waals surface area contributed by atoms with Crippen LogP contribution in [0.2, 0.25) is 5.02 Å². The van der Waals surface area contributed by atoms with Gasteiger partial charge in [-0.15, -0.1) is 11.8 Å². The summed E-state index contributed by atoms with van der Waals surface area (Å²) in [4.78, 5) is 28.6. The molecule has 2 aromatic rings. The van der Waals surface area contributed by atoms with E-state index in [0.717, 1.165) is 10.5 Å². The van der Waals surface area contributed by atoms with Gasteiger partial charge in [0, 0.05) is 34.2 Å². The molecular formula is C24H31ClN2O2S. The Morgan fingerprint density at radius 1 is 1.10 bits per heavy atom. The van der Waals surface area contributed by atoms with Gasteiger partial charge in [0.2, 0.25) is 11.8 Å². The number of nitrogens with zero attached hydrogens (tertiary/aromatic N) is 1. The number of benzene rings is 2. The van der Waals surface area contributed by atoms with E-state index in [9.17, 15) is 9.59 Å². The van der Waals surface area contributed by atoms with E-state index in [1.54, 1.807) is 29.7 Å². The second kappa shape index (κ2) is 10.9. The maximum Gasteiger partial charge on any atom is 0.242 e. The summed E-state index contributed by atoms with van der Waals surface area (Å²) in [6.45, 7) is 9.89. The number of hydrogen-bond donors (Lipinski definition) is 1. The highest BCUT2D eigenvalue weighted by atomic mass is 35.5. The number of halogens is 1. The largest absolute Gasteiger partial charge is 0.350 e. The minimum Gasteiger partial charge on any atom is -0.350 e. The predicted octanol–water partition coefficient (Wildman–Crippen LogP) is 5.46. The van der Waals surface area contributed by atoms with E-state index in [-0.39, 0.29) is 17.4 Å². The molecule has 0 aliphatic rings. The van der Waals surface area contributed by atoms with E-state index < -0.39 is 6.04 Å². The van der Waals surface area contributed by atoms with Crippen molar-refractivity contribution in [1.29, 1.82) is 0 Å². The van der Waals surface area contributed by atoms with Crippen LogP contribution in [0.5, 0.6) is 0 Å². The molecule has 6 heteroatoms. The lowest BCUT2D eigenvalue weighted by atomic mass is 10.1. The highest BCUT2D eigenvalue weighted by molar-refractivity contribution is 7.99. The van der Waals surface area contributed by atoms with Gasteiger partial charge in [-0.1, -0.05) is 47.5 Å². The molecule has 0 aliphatic carbocycles. The molecule has 1 unspecified atom stereocenters. The topological polar surface area (TPSA) is 49.4 Å². The molecule has 2 amide bonds. The second-order valence-electron chi connectivity index (χ2n) is 8.44. The zero-order valence-electron chi connectivity index (χ0n) is 18.4. The molecule has 2 aromatic carbocycles. The van der Waals surface area contributed by atoms with Gasteiger partial charge in [-0.3, -0.25) is 9.59 Å². The predicted molar refractivity (Wildman–Crippen MR) is 126 cm³/mol. The van der Waals surface area contributed by atoms with Gasteiger partial charge >= 0.3 is 0 Å². The van der Waals surface area contributed by atoms with Crippen molar-refractivity contribution in [3.05, 3.63) is 64.7 Å². The Balaban J connectivity index is 2.10. The van der Waals surface area contributed by atoms with Crippen LogP contribution in [-0.4, -0.2) is 34.0 Å². The van der Waals surface area contributed by atoms with Gasteiger partial charge < -0.3 is 10.2 Å². The highest BCUT2D eigenvalue weighted by Crippen LogP contribution is 2.22. The fourth-order valence-electron chi connectivity index (χ4n) is 2.90. The van der Waals surface area contributed by atoms with Crippen molar-refractivity contribution in [3.63, 3.8) is 0 Å². The average Bonchev–Trinajstić information content (AvgIpc) is 2.67. The summed E-state index contributed by atoms with van der Waals surface area (Å²) in [6.07, 6.45) is 0.343. The molecule has 0 radical (unpaired) electrons. The smallest absolute Gasteiger partial charge is 0.242 e. The Hall–Kier alpha value is -1.98. The van der Waals surface area contributed by atoms with Crippen molar-refractivity contribution in [2.45, 2.75) is 64.1 Å². The third kappa shape index (κ3) is 7.69. The summed E-state index contributed by atoms with van der Waals surface area (Å²) < 4.78 is 0. The molecule has 30 heavy (non-hydrogen) atoms. The molecule has 0 saturated carbocycles. The van der Waals surface area contributed by atoms with E-state index >= 15 is 0 Å². The Morgan fingerprint density at radius 2 is 1.73 bits per heavy atom. The number of rotatable bonds is 8. The number of nitrogens with one attached hydrogen (secondary N) is 1. The molecule has 0 fully saturated rings. The van der Waals surface area contributed by atoms with Crippen LogP contribution in [0.1, 0.15) is 45.2 Å². The number of aryl methyl sites for hydroxylation is 1. The highest BCUT2D eigenvalue weighted by Gasteiger charge is 2.28. The summed E-state index contributed by atoms with van der Waals surface area (Å²) in [7, 11) is 0. The fraction of sp³-hybridized carbons (Fsp3) is 0.417. The first-order valence-electron chi connectivity index (χ1n) is 10.1. The molecule has 0 bridgehead atoms. The van der Waals surface area contributed by atoms with Gasteiger partial charge in [0.25, 0.3) is 0 Å². The molecular weight excluding hydrogens is 416 g/mol. The summed E-state index contributed by atoms with van der Waals surface area (Å²) in [6, 6.07) is 15.1. The van der Waals surface area contributed by atoms with Crippen LogP contribution in [0.4, 0.5) is 0 Å². The molecule has 0 heterocycles. The van der Waals surface area contributed by atoms with Crippen molar-refractivity contribution >= 4 is 35.2 Å². The van der Waals surface area contributed by atoms with Crippen LogP contribution < -0.4 is 5.32 Å². The Bertz CT molecular complexity index is 862. The second-order valence-corrected chi connectivity index (χ2v) is 10.0. The summed E-state index contributed by atoms with van der Waals surface area (Å²) >= 11 is 7.96. The molecule has 1 N–H and O–H groups in total. The third-order valence-corrected chi connectivity index (χ3v) is 5.95. The van der Waals surface area contributed by atoms with Crippen LogP contribution in [0, 0.1) is 6.92 Å². The van der Waals surface area contributed by atoms with Gasteiger partial charge in [0.1, 0.15) is 6.04 Å². The lowest BCUT2D eigenvalue weighted by molar-refractivity contribution is -0.140. The number of amides is 2. The van der Waals surface area contributed by atoms with Gasteiger partial charge in [-0.05, 0) is 58.4 Å². The lowest BCUT2D eigenvalue weighted by Gasteiger charge is -2.31. The third-order valence-electron chi connectivity index (χ3n) is 4.57. The zero-order chi connectivity index (χ0) is 22.3. The minimum absolute atomic E-state index is 0.0638. The Labute approximate surface area is 189 Å². The SMILES string of the molecule is Cc1ccc(SCCC(=O)N(Cc2ccccc2Cl)C(C)C(=O)NC(C)(C)C)cc1. The van der Waals surface area contributed by atoms with Crippen LogP contribution in [-0.2, 0) is 16.1 Å². The van der Waals surface area contributed by atoms with Crippen molar-refractivity contribution < 1.29 is 9.59 Å². The lowest BCUT2D eigenvalue weighted by Crippen LogP contribution is -2.52. The summed E-state index contributed by atoms with van der Waals surface area (Å²) in [5.41, 5.74) is 1.67. The van der Waals surface area contributed by atoms with Crippen LogP contribution in [0.15, 0.2) is 53.4 Å². The Kier molecular flexibility index (Phi) is 8.80. The van der Waals surface area contributed by atoms with Crippen LogP contribution in [0.25, 0.3) is 0 Å². The van der Waals surface area contributed by atoms with Gasteiger partial charge in [0.15, 0.2) is 0 Å². The molecule has 0 aliphatic heterocycles. The molecule has 162 valence electrons. The van der Waals surface area contributed by atoms with E-state index in [1.165, 1.54) is 5.56 Å². The quantitative estimate of drug-likeness (QED) is 0.547. The van der Waals surface area contributed by atoms with Crippen molar-refractivity contribution in [1.82, 2.24) is 10.2 Å². The van der Waals surface area contributed by atoms with Crippen molar-refractivity contribution in [2.75, 3.05) is 5.75 Å². The fourth-order valence-corrected chi connectivity index (χ4v) is 3.94. The first kappa shape index (κ1) is 24.3. The van der Waals surface area contributed by atoms with Gasteiger partial charge in [-0.25, -0.2) is 0 Å². The van der Waals surface area contributed by atoms with E-state index in [2.05, 4.69) is 36.5 Å². The summed E-state index contributed by atoms with van der Waals surface area (Å²) in [5.74, 6) is 0.411. The maximum atomic E-state index is 13.1. The van der Waals surface area contributed by atoms with Gasteiger partial charge in [0.05, 0.1) is 0 Å². The van der Waals surface area contributed by atoms with E-state index in [1.807, 2.05) is 39.0 Å². The molecule has 0 aromatic heterocycles. The van der Waals surface area contributed by atoms with Crippen LogP contribution in [0.3, 0.4) is 0 Å². The first-order valence-corrected chi connectivity index (χ1v) is 11.5. The summed E-state index contributed by atoms with van der Waals surface area (Å²) in [5, 5.41) is 3.56. The zero-order valence-corrected chi connectivity index (χ0v) is 19.9. The standard InChI is InChI=1S/C24H31ClN2O2S/c1-17-10-12-20(13-11-17)30-15-14-22(28)27(16-19-8-6-7-9-21(19)25)18(2)23(29)26-24(3,4)5/h6-13,18H,14-16H2,1-5H3,(H,26,29). The monoisotopic (exact) mass is 446 g/mol. The van der Waals surface area contributed by atoms with Crippen molar-refractivity contribution in [2.24, 2.45) is 0 Å². The number of carbonyl (C=O) groups excluding carboxylic acids is 2. The Morgan fingerprint density at radius 3 is 2.33 bits per heavy atom. The van der Waals surface area contributed by atoms with Gasteiger partial charge in [-0.2, -0.15) is 0 Å². The maximum absolute atomic E-state index is 13.1. The number of carbonyl (C=O) groups is 2.